The average molecular weight is 355 g/mol. The molecule has 0 amide bonds. The molecule has 0 radical (unpaired) electrons. The Morgan fingerprint density at radius 3 is 2.50 bits per heavy atom. The van der Waals surface area contributed by atoms with E-state index >= 15 is 0 Å². The molecule has 138 valence electrons. The standard InChI is InChI=1S/C20H25N3O3/c1-15-13-25-9-7-22(15)17-11-19(21-20(24)12-17)23-8-10-26-14-18(23)16-5-3-2-4-6-16/h2-6,11-12,15,18H,7-10,13-14H2,1H3,(H,21,24)/t15-,18?/m1/s1. The number of aromatic nitrogens is 1. The molecule has 0 aliphatic carbocycles. The lowest BCUT2D eigenvalue weighted by Gasteiger charge is -2.39. The molecule has 3 heterocycles. The summed E-state index contributed by atoms with van der Waals surface area (Å²) in [5.41, 5.74) is 2.07. The normalized spacial score (nSPS) is 23.9. The van der Waals surface area contributed by atoms with Gasteiger partial charge in [-0.15, -0.1) is 0 Å². The number of morpholine rings is 2. The highest BCUT2D eigenvalue weighted by atomic mass is 16.5. The number of ether oxygens (including phenoxy) is 2. The van der Waals surface area contributed by atoms with Gasteiger partial charge >= 0.3 is 0 Å². The Hall–Kier alpha value is -2.31. The van der Waals surface area contributed by atoms with Crippen molar-refractivity contribution in [2.75, 3.05) is 49.3 Å². The maximum Gasteiger partial charge on any atom is 0.251 e. The minimum atomic E-state index is -0.0745. The molecule has 1 unspecified atom stereocenters. The van der Waals surface area contributed by atoms with Gasteiger partial charge in [0.1, 0.15) is 5.82 Å². The summed E-state index contributed by atoms with van der Waals surface area (Å²) in [4.78, 5) is 19.9. The van der Waals surface area contributed by atoms with Crippen molar-refractivity contribution in [2.45, 2.75) is 19.0 Å². The average Bonchev–Trinajstić information content (AvgIpc) is 2.68. The van der Waals surface area contributed by atoms with Crippen LogP contribution in [-0.2, 0) is 9.47 Å². The summed E-state index contributed by atoms with van der Waals surface area (Å²) in [6.45, 7) is 6.32. The van der Waals surface area contributed by atoms with E-state index < -0.39 is 0 Å². The smallest absolute Gasteiger partial charge is 0.251 e. The van der Waals surface area contributed by atoms with Crippen LogP contribution in [0.3, 0.4) is 0 Å². The molecule has 0 spiro atoms. The van der Waals surface area contributed by atoms with Gasteiger partial charge < -0.3 is 24.3 Å². The molecule has 2 aliphatic rings. The van der Waals surface area contributed by atoms with E-state index in [1.54, 1.807) is 6.07 Å². The van der Waals surface area contributed by atoms with Crippen molar-refractivity contribution in [1.29, 1.82) is 0 Å². The zero-order valence-corrected chi connectivity index (χ0v) is 15.1. The number of pyridine rings is 1. The van der Waals surface area contributed by atoms with Gasteiger partial charge in [0.15, 0.2) is 0 Å². The summed E-state index contributed by atoms with van der Waals surface area (Å²) in [6, 6.07) is 14.4. The fraction of sp³-hybridized carbons (Fsp3) is 0.450. The lowest BCUT2D eigenvalue weighted by atomic mass is 10.0. The number of hydrogen-bond acceptors (Lipinski definition) is 5. The largest absolute Gasteiger partial charge is 0.377 e. The highest BCUT2D eigenvalue weighted by Gasteiger charge is 2.27. The minimum absolute atomic E-state index is 0.0745. The van der Waals surface area contributed by atoms with Gasteiger partial charge in [-0.3, -0.25) is 4.79 Å². The van der Waals surface area contributed by atoms with E-state index in [9.17, 15) is 4.79 Å². The van der Waals surface area contributed by atoms with Gasteiger partial charge in [0.05, 0.1) is 32.5 Å². The van der Waals surface area contributed by atoms with Crippen molar-refractivity contribution in [3.63, 3.8) is 0 Å². The number of aromatic amines is 1. The summed E-state index contributed by atoms with van der Waals surface area (Å²) < 4.78 is 11.3. The predicted octanol–water partition coefficient (Wildman–Crippen LogP) is 2.18. The second-order valence-corrected chi connectivity index (χ2v) is 6.90. The van der Waals surface area contributed by atoms with Crippen LogP contribution in [0.4, 0.5) is 11.5 Å². The Morgan fingerprint density at radius 1 is 1.00 bits per heavy atom. The van der Waals surface area contributed by atoms with Crippen LogP contribution in [-0.4, -0.2) is 50.5 Å². The fourth-order valence-corrected chi connectivity index (χ4v) is 3.79. The van der Waals surface area contributed by atoms with E-state index in [0.29, 0.717) is 26.4 Å². The lowest BCUT2D eigenvalue weighted by Crippen LogP contribution is -2.44. The van der Waals surface area contributed by atoms with Crippen molar-refractivity contribution in [2.24, 2.45) is 0 Å². The molecule has 2 saturated heterocycles. The Balaban J connectivity index is 1.68. The molecule has 1 N–H and O–H groups in total. The lowest BCUT2D eigenvalue weighted by molar-refractivity contribution is 0.0936. The molecular weight excluding hydrogens is 330 g/mol. The summed E-state index contributed by atoms with van der Waals surface area (Å²) in [6.07, 6.45) is 0. The topological polar surface area (TPSA) is 57.8 Å². The molecule has 1 aromatic heterocycles. The van der Waals surface area contributed by atoms with E-state index in [-0.39, 0.29) is 17.6 Å². The third-order valence-electron chi connectivity index (χ3n) is 5.14. The van der Waals surface area contributed by atoms with Crippen LogP contribution in [0, 0.1) is 0 Å². The van der Waals surface area contributed by atoms with Crippen LogP contribution >= 0.6 is 0 Å². The minimum Gasteiger partial charge on any atom is -0.377 e. The Bertz CT molecular complexity index is 792. The van der Waals surface area contributed by atoms with E-state index in [0.717, 1.165) is 24.6 Å². The van der Waals surface area contributed by atoms with Gasteiger partial charge in [0, 0.05) is 37.0 Å². The summed E-state index contributed by atoms with van der Waals surface area (Å²) >= 11 is 0. The van der Waals surface area contributed by atoms with Crippen LogP contribution in [0.25, 0.3) is 0 Å². The second-order valence-electron chi connectivity index (χ2n) is 6.90. The van der Waals surface area contributed by atoms with Crippen LogP contribution < -0.4 is 15.4 Å². The number of H-pyrrole nitrogens is 1. The number of benzene rings is 1. The highest BCUT2D eigenvalue weighted by Crippen LogP contribution is 2.30. The first-order valence-corrected chi connectivity index (χ1v) is 9.20. The third-order valence-corrected chi connectivity index (χ3v) is 5.14. The number of hydrogen-bond donors (Lipinski definition) is 1. The van der Waals surface area contributed by atoms with E-state index in [1.165, 1.54) is 5.56 Å². The van der Waals surface area contributed by atoms with E-state index in [4.69, 9.17) is 9.47 Å². The molecule has 4 rings (SSSR count). The van der Waals surface area contributed by atoms with Crippen LogP contribution in [0.2, 0.25) is 0 Å². The molecule has 0 saturated carbocycles. The first-order chi connectivity index (χ1) is 12.7. The first kappa shape index (κ1) is 17.1. The first-order valence-electron chi connectivity index (χ1n) is 9.20. The predicted molar refractivity (Wildman–Crippen MR) is 102 cm³/mol. The summed E-state index contributed by atoms with van der Waals surface area (Å²) in [5.74, 6) is 0.850. The number of nitrogens with zero attached hydrogens (tertiary/aromatic N) is 2. The Kier molecular flexibility index (Phi) is 4.95. The van der Waals surface area contributed by atoms with Crippen molar-refractivity contribution in [1.82, 2.24) is 4.98 Å². The molecule has 2 fully saturated rings. The molecule has 0 bridgehead atoms. The SMILES string of the molecule is C[C@@H]1COCCN1c1cc(N2CCOCC2c2ccccc2)[nH]c(=O)c1. The van der Waals surface area contributed by atoms with Crippen LogP contribution in [0.15, 0.2) is 47.3 Å². The Labute approximate surface area is 153 Å². The van der Waals surface area contributed by atoms with Crippen molar-refractivity contribution in [3.05, 3.63) is 58.4 Å². The van der Waals surface area contributed by atoms with Gasteiger partial charge in [-0.1, -0.05) is 30.3 Å². The maximum absolute atomic E-state index is 12.4. The van der Waals surface area contributed by atoms with Crippen LogP contribution in [0.5, 0.6) is 0 Å². The third kappa shape index (κ3) is 3.48. The highest BCUT2D eigenvalue weighted by molar-refractivity contribution is 5.57. The van der Waals surface area contributed by atoms with Gasteiger partial charge in [0.25, 0.3) is 5.56 Å². The monoisotopic (exact) mass is 355 g/mol. The number of nitrogens with one attached hydrogen (secondary N) is 1. The number of anilines is 2. The second kappa shape index (κ2) is 7.51. The van der Waals surface area contributed by atoms with Gasteiger partial charge in [-0.25, -0.2) is 0 Å². The summed E-state index contributed by atoms with van der Waals surface area (Å²) in [5, 5.41) is 0. The van der Waals surface area contributed by atoms with Gasteiger partial charge in [-0.05, 0) is 12.5 Å². The van der Waals surface area contributed by atoms with Crippen molar-refractivity contribution in [3.8, 4) is 0 Å². The fourth-order valence-electron chi connectivity index (χ4n) is 3.79. The van der Waals surface area contributed by atoms with Gasteiger partial charge in [0.2, 0.25) is 0 Å². The molecule has 6 nitrogen and oxygen atoms in total. The van der Waals surface area contributed by atoms with Crippen LogP contribution in [0.1, 0.15) is 18.5 Å². The van der Waals surface area contributed by atoms with E-state index in [2.05, 4.69) is 39.9 Å². The quantitative estimate of drug-likeness (QED) is 0.915. The zero-order chi connectivity index (χ0) is 17.9. The van der Waals surface area contributed by atoms with E-state index in [1.807, 2.05) is 18.2 Å². The summed E-state index contributed by atoms with van der Waals surface area (Å²) in [7, 11) is 0. The molecule has 26 heavy (non-hydrogen) atoms. The van der Waals surface area contributed by atoms with Crippen molar-refractivity contribution >= 4 is 11.5 Å². The van der Waals surface area contributed by atoms with Crippen molar-refractivity contribution < 1.29 is 9.47 Å². The molecule has 2 atom stereocenters. The molecule has 6 heteroatoms. The molecule has 1 aromatic carbocycles. The Morgan fingerprint density at radius 2 is 1.73 bits per heavy atom. The molecule has 2 aliphatic heterocycles. The maximum atomic E-state index is 12.4. The molecular formula is C20H25N3O3. The van der Waals surface area contributed by atoms with Gasteiger partial charge in [-0.2, -0.15) is 0 Å². The zero-order valence-electron chi connectivity index (χ0n) is 15.1. The number of rotatable bonds is 3. The molecule has 2 aromatic rings.